The van der Waals surface area contributed by atoms with Gasteiger partial charge in [0.05, 0.1) is 6.21 Å². The summed E-state index contributed by atoms with van der Waals surface area (Å²) in [4.78, 5) is 0. The summed E-state index contributed by atoms with van der Waals surface area (Å²) in [7, 11) is 0. The lowest BCUT2D eigenvalue weighted by atomic mass is 10.2. The van der Waals surface area contributed by atoms with Gasteiger partial charge in [0.15, 0.2) is 10.2 Å². The van der Waals surface area contributed by atoms with Crippen LogP contribution in [0.25, 0.3) is 0 Å². The highest BCUT2D eigenvalue weighted by molar-refractivity contribution is 7.80. The fraction of sp³-hybridized carbons (Fsp3) is 0.500. The Hall–Kier alpha value is -1.32. The van der Waals surface area contributed by atoms with Crippen LogP contribution in [-0.4, -0.2) is 34.9 Å². The Balaban J connectivity index is 4.60. The van der Waals surface area contributed by atoms with Crippen molar-refractivity contribution in [1.82, 2.24) is 10.9 Å². The minimum Gasteiger partial charge on any atom is -0.375 e. The van der Waals surface area contributed by atoms with Crippen LogP contribution in [0.2, 0.25) is 0 Å². The largest absolute Gasteiger partial charge is 0.375 e. The first-order valence-electron chi connectivity index (χ1n) is 4.80. The number of nitrogens with two attached hydrogens (primary N) is 2. The quantitative estimate of drug-likeness (QED) is 0.292. The van der Waals surface area contributed by atoms with Crippen LogP contribution in [0.4, 0.5) is 0 Å². The van der Waals surface area contributed by atoms with E-state index >= 15 is 0 Å². The summed E-state index contributed by atoms with van der Waals surface area (Å²) in [6, 6.07) is 0. The molecule has 0 fully saturated rings. The van der Waals surface area contributed by atoms with Crippen molar-refractivity contribution in [3.63, 3.8) is 0 Å². The number of nitrogens with zero attached hydrogens (tertiary/aromatic N) is 2. The van der Waals surface area contributed by atoms with Crippen molar-refractivity contribution in [1.29, 1.82) is 0 Å². The maximum atomic E-state index is 5.36. The van der Waals surface area contributed by atoms with Crippen LogP contribution >= 0.6 is 24.4 Å². The van der Waals surface area contributed by atoms with Crippen LogP contribution in [0.1, 0.15) is 13.8 Å². The normalized spacial score (nSPS) is 13.4. The fourth-order valence-electron chi connectivity index (χ4n) is 0.842. The minimum absolute atomic E-state index is 0.0573. The second kappa shape index (κ2) is 8.79. The van der Waals surface area contributed by atoms with Crippen molar-refractivity contribution in [2.45, 2.75) is 20.0 Å². The zero-order valence-electron chi connectivity index (χ0n) is 9.64. The molecule has 6 N–H and O–H groups in total. The highest BCUT2D eigenvalue weighted by Gasteiger charge is 2.08. The molecule has 0 aromatic heterocycles. The number of hydrazone groups is 2. The summed E-state index contributed by atoms with van der Waals surface area (Å²) < 4.78 is 5.36. The van der Waals surface area contributed by atoms with Crippen LogP contribution in [0.15, 0.2) is 10.2 Å². The van der Waals surface area contributed by atoms with Crippen LogP contribution in [0.3, 0.4) is 0 Å². The third-order valence-electron chi connectivity index (χ3n) is 1.50. The van der Waals surface area contributed by atoms with Gasteiger partial charge in [0.25, 0.3) is 0 Å². The molecule has 0 unspecified atom stereocenters. The molecule has 0 spiro atoms. The van der Waals surface area contributed by atoms with E-state index in [2.05, 4.69) is 45.5 Å². The first-order chi connectivity index (χ1) is 7.97. The van der Waals surface area contributed by atoms with E-state index in [9.17, 15) is 0 Å². The average Bonchev–Trinajstić information content (AvgIpc) is 2.22. The molecule has 17 heavy (non-hydrogen) atoms. The molecule has 0 saturated heterocycles. The van der Waals surface area contributed by atoms with Gasteiger partial charge in [-0.05, 0) is 38.3 Å². The summed E-state index contributed by atoms with van der Waals surface area (Å²) >= 11 is 9.23. The maximum absolute atomic E-state index is 5.36. The van der Waals surface area contributed by atoms with Crippen molar-refractivity contribution in [2.24, 2.45) is 21.7 Å². The number of hydrogen-bond donors (Lipinski definition) is 4. The lowest BCUT2D eigenvalue weighted by Gasteiger charge is -2.11. The van der Waals surface area contributed by atoms with E-state index in [1.807, 2.05) is 13.8 Å². The van der Waals surface area contributed by atoms with Gasteiger partial charge in [-0.2, -0.15) is 10.2 Å². The first kappa shape index (κ1) is 15.7. The van der Waals surface area contributed by atoms with E-state index in [1.54, 1.807) is 0 Å². The van der Waals surface area contributed by atoms with Gasteiger partial charge >= 0.3 is 0 Å². The molecular formula is C8H16N6OS2. The molecular weight excluding hydrogens is 260 g/mol. The molecule has 0 radical (unpaired) electrons. The molecule has 1 atom stereocenters. The van der Waals surface area contributed by atoms with E-state index in [4.69, 9.17) is 16.2 Å². The molecule has 0 aliphatic heterocycles. The van der Waals surface area contributed by atoms with E-state index < -0.39 is 0 Å². The number of thiocarbonyl (C=S) groups is 2. The van der Waals surface area contributed by atoms with Gasteiger partial charge in [-0.1, -0.05) is 0 Å². The van der Waals surface area contributed by atoms with Gasteiger partial charge in [-0.15, -0.1) is 0 Å². The zero-order chi connectivity index (χ0) is 13.3. The lowest BCUT2D eigenvalue weighted by Crippen LogP contribution is -2.31. The fourth-order valence-corrected chi connectivity index (χ4v) is 0.940. The summed E-state index contributed by atoms with van der Waals surface area (Å²) in [6.45, 7) is 4.24. The van der Waals surface area contributed by atoms with Crippen LogP contribution in [0.5, 0.6) is 0 Å². The zero-order valence-corrected chi connectivity index (χ0v) is 11.3. The highest BCUT2D eigenvalue weighted by atomic mass is 32.1. The van der Waals surface area contributed by atoms with E-state index in [0.29, 0.717) is 12.3 Å². The number of nitrogens with one attached hydrogen (secondary N) is 2. The summed E-state index contributed by atoms with van der Waals surface area (Å²) in [5, 5.41) is 7.84. The molecule has 0 rings (SSSR count). The topological polar surface area (TPSA) is 110 Å². The second-order valence-corrected chi connectivity index (χ2v) is 3.72. The van der Waals surface area contributed by atoms with Gasteiger partial charge in [0, 0.05) is 6.61 Å². The smallest absolute Gasteiger partial charge is 0.184 e. The summed E-state index contributed by atoms with van der Waals surface area (Å²) in [5.41, 5.74) is 15.8. The number of ether oxygens (including phenoxy) is 1. The van der Waals surface area contributed by atoms with Crippen molar-refractivity contribution in [3.05, 3.63) is 0 Å². The van der Waals surface area contributed by atoms with Crippen LogP contribution < -0.4 is 22.3 Å². The first-order valence-corrected chi connectivity index (χ1v) is 5.62. The van der Waals surface area contributed by atoms with Gasteiger partial charge < -0.3 is 16.2 Å². The van der Waals surface area contributed by atoms with Gasteiger partial charge in [-0.3, -0.25) is 10.9 Å². The van der Waals surface area contributed by atoms with Crippen LogP contribution in [-0.2, 0) is 4.74 Å². The third kappa shape index (κ3) is 8.48. The standard InChI is InChI=1S/C8H16N6OS2/c1-3-15-5(2)6(12-14-8(10)17)4-11-13-7(9)16/h4-5H,3H2,1-2H3,(H3,9,13,16)(H3,10,14,17)/b11-4-,12-6-/t5-/m0/s1. The molecule has 9 heteroatoms. The van der Waals surface area contributed by atoms with E-state index in [0.717, 1.165) is 0 Å². The summed E-state index contributed by atoms with van der Waals surface area (Å²) in [5.74, 6) is 0. The number of rotatable bonds is 6. The molecule has 0 aromatic rings. The molecule has 0 saturated carbocycles. The van der Waals surface area contributed by atoms with Crippen molar-refractivity contribution < 1.29 is 4.74 Å². The number of hydrogen-bond acceptors (Lipinski definition) is 5. The molecule has 0 bridgehead atoms. The minimum atomic E-state index is -0.265. The summed E-state index contributed by atoms with van der Waals surface area (Å²) in [6.07, 6.45) is 1.16. The van der Waals surface area contributed by atoms with Crippen molar-refractivity contribution >= 4 is 46.6 Å². The van der Waals surface area contributed by atoms with Crippen LogP contribution in [0, 0.1) is 0 Å². The van der Waals surface area contributed by atoms with Crippen molar-refractivity contribution in [2.75, 3.05) is 6.61 Å². The predicted molar refractivity (Wildman–Crippen MR) is 76.9 cm³/mol. The van der Waals surface area contributed by atoms with E-state index in [1.165, 1.54) is 6.21 Å². The van der Waals surface area contributed by atoms with E-state index in [-0.39, 0.29) is 16.3 Å². The Morgan fingerprint density at radius 3 is 2.41 bits per heavy atom. The molecule has 0 heterocycles. The van der Waals surface area contributed by atoms with Gasteiger partial charge in [0.2, 0.25) is 0 Å². The SMILES string of the molecule is CCO[C@@H](C)C(/C=N\NC(N)=S)=N\NC(N)=S. The van der Waals surface area contributed by atoms with Crippen molar-refractivity contribution in [3.8, 4) is 0 Å². The van der Waals surface area contributed by atoms with Gasteiger partial charge in [0.1, 0.15) is 11.8 Å². The Morgan fingerprint density at radius 1 is 1.35 bits per heavy atom. The Morgan fingerprint density at radius 2 is 1.94 bits per heavy atom. The monoisotopic (exact) mass is 276 g/mol. The highest BCUT2D eigenvalue weighted by Crippen LogP contribution is 1.93. The third-order valence-corrected chi connectivity index (χ3v) is 1.68. The molecule has 7 nitrogen and oxygen atoms in total. The molecule has 0 aliphatic rings. The Kier molecular flexibility index (Phi) is 8.11. The Labute approximate surface area is 111 Å². The molecule has 96 valence electrons. The molecule has 0 amide bonds. The second-order valence-electron chi connectivity index (χ2n) is 2.84. The molecule has 0 aliphatic carbocycles. The predicted octanol–water partition coefficient (Wildman–Crippen LogP) is -0.580. The lowest BCUT2D eigenvalue weighted by molar-refractivity contribution is 0.123. The molecule has 0 aromatic carbocycles. The Bertz CT molecular complexity index is 330. The maximum Gasteiger partial charge on any atom is 0.184 e. The van der Waals surface area contributed by atoms with Gasteiger partial charge in [-0.25, -0.2) is 0 Å². The average molecular weight is 276 g/mol.